The first kappa shape index (κ1) is 16.9. The van der Waals surface area contributed by atoms with Gasteiger partial charge in [0.1, 0.15) is 5.82 Å². The average Bonchev–Trinajstić information content (AvgIpc) is 2.41. The van der Waals surface area contributed by atoms with E-state index in [0.717, 1.165) is 24.5 Å². The minimum Gasteiger partial charge on any atom is -0.375 e. The molecule has 0 aromatic carbocycles. The van der Waals surface area contributed by atoms with Crippen molar-refractivity contribution in [3.8, 4) is 0 Å². The van der Waals surface area contributed by atoms with Crippen molar-refractivity contribution in [3.63, 3.8) is 0 Å². The van der Waals surface area contributed by atoms with Gasteiger partial charge < -0.3 is 9.72 Å². The maximum Gasteiger partial charge on any atom is 0.251 e. The lowest BCUT2D eigenvalue weighted by molar-refractivity contribution is 0.114. The van der Waals surface area contributed by atoms with Crippen molar-refractivity contribution in [3.05, 3.63) is 27.9 Å². The van der Waals surface area contributed by atoms with Gasteiger partial charge in [-0.25, -0.2) is 4.98 Å². The Bertz CT molecular complexity index is 427. The molecule has 4 nitrogen and oxygen atoms in total. The average molecular weight is 280 g/mol. The number of aromatic amines is 1. The van der Waals surface area contributed by atoms with E-state index in [1.165, 1.54) is 38.2 Å². The van der Waals surface area contributed by atoms with E-state index in [4.69, 9.17) is 4.74 Å². The fourth-order valence-electron chi connectivity index (χ4n) is 2.04. The van der Waals surface area contributed by atoms with E-state index in [1.807, 2.05) is 13.8 Å². The van der Waals surface area contributed by atoms with E-state index >= 15 is 0 Å². The summed E-state index contributed by atoms with van der Waals surface area (Å²) in [6.07, 6.45) is 7.53. The zero-order valence-corrected chi connectivity index (χ0v) is 13.1. The Morgan fingerprint density at radius 3 is 2.60 bits per heavy atom. The number of hydrogen-bond acceptors (Lipinski definition) is 3. The molecule has 4 heteroatoms. The van der Waals surface area contributed by atoms with Gasteiger partial charge in [-0.2, -0.15) is 0 Å². The van der Waals surface area contributed by atoms with Gasteiger partial charge in [0, 0.05) is 18.6 Å². The molecule has 1 rings (SSSR count). The summed E-state index contributed by atoms with van der Waals surface area (Å²) < 4.78 is 5.60. The number of hydrogen-bond donors (Lipinski definition) is 1. The Morgan fingerprint density at radius 1 is 1.20 bits per heavy atom. The highest BCUT2D eigenvalue weighted by atomic mass is 16.5. The predicted molar refractivity (Wildman–Crippen MR) is 82.0 cm³/mol. The van der Waals surface area contributed by atoms with Gasteiger partial charge in [0.2, 0.25) is 0 Å². The van der Waals surface area contributed by atoms with Crippen LogP contribution in [0.3, 0.4) is 0 Å². The number of aromatic nitrogens is 2. The molecule has 1 aromatic rings. The highest BCUT2D eigenvalue weighted by molar-refractivity contribution is 5.03. The number of H-pyrrole nitrogens is 1. The van der Waals surface area contributed by atoms with Crippen molar-refractivity contribution in [2.24, 2.45) is 0 Å². The van der Waals surface area contributed by atoms with E-state index in [1.54, 1.807) is 0 Å². The van der Waals surface area contributed by atoms with Crippen LogP contribution in [-0.4, -0.2) is 16.6 Å². The first-order valence-corrected chi connectivity index (χ1v) is 7.81. The van der Waals surface area contributed by atoms with Crippen molar-refractivity contribution in [1.82, 2.24) is 9.97 Å². The molecule has 1 N–H and O–H groups in total. The lowest BCUT2D eigenvalue weighted by Crippen LogP contribution is -2.14. The molecule has 0 saturated heterocycles. The molecule has 0 aliphatic carbocycles. The smallest absolute Gasteiger partial charge is 0.251 e. The van der Waals surface area contributed by atoms with E-state index in [-0.39, 0.29) is 11.5 Å². The van der Waals surface area contributed by atoms with Gasteiger partial charge in [-0.15, -0.1) is 0 Å². The Morgan fingerprint density at radius 2 is 1.90 bits per heavy atom. The molecule has 0 aliphatic heterocycles. The Hall–Kier alpha value is -1.16. The van der Waals surface area contributed by atoms with E-state index in [0.29, 0.717) is 6.61 Å². The maximum absolute atomic E-state index is 11.5. The summed E-state index contributed by atoms with van der Waals surface area (Å²) in [6, 6.07) is 1.52. The number of unbranched alkanes of at least 4 members (excludes halogenated alkanes) is 5. The van der Waals surface area contributed by atoms with Gasteiger partial charge >= 0.3 is 0 Å². The second-order valence-electron chi connectivity index (χ2n) is 5.60. The van der Waals surface area contributed by atoms with Crippen LogP contribution in [0.2, 0.25) is 0 Å². The standard InChI is InChI=1S/C16H28N2O2/c1-4-5-6-7-8-9-10-20-12-14-11-15(19)18-16(17-14)13(2)3/h11,13H,4-10,12H2,1-3H3,(H,17,18,19). The third-order valence-corrected chi connectivity index (χ3v) is 3.25. The van der Waals surface area contributed by atoms with Gasteiger partial charge in [0.15, 0.2) is 0 Å². The molecule has 114 valence electrons. The van der Waals surface area contributed by atoms with E-state index in [2.05, 4.69) is 16.9 Å². The lowest BCUT2D eigenvalue weighted by atomic mass is 10.1. The summed E-state index contributed by atoms with van der Waals surface area (Å²) in [7, 11) is 0. The number of nitrogens with zero attached hydrogens (tertiary/aromatic N) is 1. The summed E-state index contributed by atoms with van der Waals surface area (Å²) >= 11 is 0. The largest absolute Gasteiger partial charge is 0.375 e. The van der Waals surface area contributed by atoms with Crippen LogP contribution in [0, 0.1) is 0 Å². The molecule has 0 atom stereocenters. The SMILES string of the molecule is CCCCCCCCOCc1cc(=O)[nH]c(C(C)C)n1. The second-order valence-corrected chi connectivity index (χ2v) is 5.60. The summed E-state index contributed by atoms with van der Waals surface area (Å²) in [5.74, 6) is 0.955. The Kier molecular flexibility index (Phi) is 8.19. The molecule has 0 aliphatic rings. The maximum atomic E-state index is 11.5. The molecule has 0 amide bonds. The minimum atomic E-state index is -0.0955. The van der Waals surface area contributed by atoms with Crippen LogP contribution in [0.5, 0.6) is 0 Å². The van der Waals surface area contributed by atoms with Crippen molar-refractivity contribution in [2.45, 2.75) is 71.8 Å². The van der Waals surface area contributed by atoms with Crippen LogP contribution in [0.1, 0.15) is 76.7 Å². The molecule has 1 heterocycles. The van der Waals surface area contributed by atoms with Gasteiger partial charge in [0.05, 0.1) is 12.3 Å². The second kappa shape index (κ2) is 9.70. The normalized spacial score (nSPS) is 11.2. The summed E-state index contributed by atoms with van der Waals surface area (Å²) in [6.45, 7) is 7.43. The highest BCUT2D eigenvalue weighted by Crippen LogP contribution is 2.08. The predicted octanol–water partition coefficient (Wildman–Crippen LogP) is 3.77. The Balaban J connectivity index is 2.23. The van der Waals surface area contributed by atoms with Gasteiger partial charge in [-0.1, -0.05) is 52.9 Å². The lowest BCUT2D eigenvalue weighted by Gasteiger charge is -2.07. The summed E-state index contributed by atoms with van der Waals surface area (Å²) in [5, 5.41) is 0. The molecule has 0 unspecified atom stereocenters. The quantitative estimate of drug-likeness (QED) is 0.664. The topological polar surface area (TPSA) is 55.0 Å². The van der Waals surface area contributed by atoms with Crippen LogP contribution in [-0.2, 0) is 11.3 Å². The minimum absolute atomic E-state index is 0.0955. The number of nitrogens with one attached hydrogen (secondary N) is 1. The molecule has 0 spiro atoms. The van der Waals surface area contributed by atoms with Crippen molar-refractivity contribution in [1.29, 1.82) is 0 Å². The first-order chi connectivity index (χ1) is 9.63. The zero-order valence-electron chi connectivity index (χ0n) is 13.1. The van der Waals surface area contributed by atoms with Crippen molar-refractivity contribution < 1.29 is 4.74 Å². The van der Waals surface area contributed by atoms with Crippen LogP contribution in [0.4, 0.5) is 0 Å². The molecular formula is C16H28N2O2. The van der Waals surface area contributed by atoms with Crippen molar-refractivity contribution >= 4 is 0 Å². The van der Waals surface area contributed by atoms with E-state index < -0.39 is 0 Å². The first-order valence-electron chi connectivity index (χ1n) is 7.81. The van der Waals surface area contributed by atoms with Gasteiger partial charge in [-0.3, -0.25) is 4.79 Å². The third-order valence-electron chi connectivity index (χ3n) is 3.25. The van der Waals surface area contributed by atoms with E-state index in [9.17, 15) is 4.79 Å². The summed E-state index contributed by atoms with van der Waals surface area (Å²) in [4.78, 5) is 18.7. The van der Waals surface area contributed by atoms with Gasteiger partial charge in [0.25, 0.3) is 5.56 Å². The third kappa shape index (κ3) is 6.85. The fourth-order valence-corrected chi connectivity index (χ4v) is 2.04. The molecule has 0 saturated carbocycles. The highest BCUT2D eigenvalue weighted by Gasteiger charge is 2.05. The molecule has 0 bridgehead atoms. The van der Waals surface area contributed by atoms with Gasteiger partial charge in [-0.05, 0) is 6.42 Å². The van der Waals surface area contributed by atoms with Crippen LogP contribution < -0.4 is 5.56 Å². The van der Waals surface area contributed by atoms with Crippen LogP contribution in [0.25, 0.3) is 0 Å². The molecular weight excluding hydrogens is 252 g/mol. The zero-order chi connectivity index (χ0) is 14.8. The van der Waals surface area contributed by atoms with Crippen molar-refractivity contribution in [2.75, 3.05) is 6.61 Å². The van der Waals surface area contributed by atoms with Crippen LogP contribution >= 0.6 is 0 Å². The Labute approximate surface area is 122 Å². The fraction of sp³-hybridized carbons (Fsp3) is 0.750. The monoisotopic (exact) mass is 280 g/mol. The molecule has 20 heavy (non-hydrogen) atoms. The number of ether oxygens (including phenoxy) is 1. The molecule has 0 radical (unpaired) electrons. The molecule has 1 aromatic heterocycles. The number of rotatable bonds is 10. The summed E-state index contributed by atoms with van der Waals surface area (Å²) in [5.41, 5.74) is 0.630. The van der Waals surface area contributed by atoms with Crippen LogP contribution in [0.15, 0.2) is 10.9 Å². The molecule has 0 fully saturated rings.